The number of aliphatic imine (C=N–C) groups is 1. The Labute approximate surface area is 124 Å². The van der Waals surface area contributed by atoms with Crippen molar-refractivity contribution < 1.29 is 0 Å². The summed E-state index contributed by atoms with van der Waals surface area (Å²) in [6.07, 6.45) is 7.24. The standard InChI is InChI=1S/C17H24IN/c1-14-8-10-16(11-9-14)18-12-5-13-19-17(18)15-6-3-2-4-7-15/h2-4,6-7,14,16H,5,8-13H2,1H3. The van der Waals surface area contributed by atoms with Gasteiger partial charge in [0, 0.05) is 0 Å². The molecule has 104 valence electrons. The molecular weight excluding hydrogens is 345 g/mol. The van der Waals surface area contributed by atoms with E-state index in [2.05, 4.69) is 37.3 Å². The summed E-state index contributed by atoms with van der Waals surface area (Å²) in [6, 6.07) is 11.0. The van der Waals surface area contributed by atoms with Crippen LogP contribution in [0.1, 0.15) is 44.6 Å². The van der Waals surface area contributed by atoms with Crippen molar-refractivity contribution >= 4 is 23.5 Å². The summed E-state index contributed by atoms with van der Waals surface area (Å²) in [5, 5.41) is 0. The Kier molecular flexibility index (Phi) is 4.57. The van der Waals surface area contributed by atoms with E-state index in [-0.39, 0.29) is 0 Å². The van der Waals surface area contributed by atoms with Gasteiger partial charge in [0.2, 0.25) is 0 Å². The van der Waals surface area contributed by atoms with Crippen molar-refractivity contribution in [1.82, 2.24) is 0 Å². The Hall–Kier alpha value is -0.380. The third-order valence-corrected chi connectivity index (χ3v) is 11.9. The summed E-state index contributed by atoms with van der Waals surface area (Å²) >= 11 is -1.03. The van der Waals surface area contributed by atoms with Gasteiger partial charge in [0.1, 0.15) is 0 Å². The van der Waals surface area contributed by atoms with E-state index in [0.29, 0.717) is 0 Å². The zero-order valence-corrected chi connectivity index (χ0v) is 14.0. The van der Waals surface area contributed by atoms with Gasteiger partial charge in [-0.25, -0.2) is 0 Å². The van der Waals surface area contributed by atoms with Gasteiger partial charge in [-0.3, -0.25) is 0 Å². The topological polar surface area (TPSA) is 12.4 Å². The van der Waals surface area contributed by atoms with Crippen molar-refractivity contribution in [1.29, 1.82) is 0 Å². The molecule has 2 heteroatoms. The zero-order chi connectivity index (χ0) is 13.1. The van der Waals surface area contributed by atoms with E-state index >= 15 is 0 Å². The van der Waals surface area contributed by atoms with Crippen molar-refractivity contribution in [3.8, 4) is 0 Å². The molecule has 1 nitrogen and oxygen atoms in total. The van der Waals surface area contributed by atoms with Crippen LogP contribution in [0, 0.1) is 5.92 Å². The Morgan fingerprint density at radius 3 is 2.53 bits per heavy atom. The first kappa shape index (κ1) is 13.6. The van der Waals surface area contributed by atoms with Crippen LogP contribution < -0.4 is 0 Å². The molecule has 1 aliphatic heterocycles. The maximum atomic E-state index is 4.96. The molecule has 0 spiro atoms. The van der Waals surface area contributed by atoms with Gasteiger partial charge in [0.25, 0.3) is 0 Å². The molecule has 19 heavy (non-hydrogen) atoms. The van der Waals surface area contributed by atoms with E-state index in [9.17, 15) is 0 Å². The van der Waals surface area contributed by atoms with Crippen LogP contribution in [0.2, 0.25) is 0 Å². The number of alkyl halides is 2. The summed E-state index contributed by atoms with van der Waals surface area (Å²) in [7, 11) is 0. The first-order valence-electron chi connectivity index (χ1n) is 7.59. The summed E-state index contributed by atoms with van der Waals surface area (Å²) < 4.78 is 4.12. The van der Waals surface area contributed by atoms with Gasteiger partial charge >= 0.3 is 124 Å². The minimum absolute atomic E-state index is 0.967. The van der Waals surface area contributed by atoms with Crippen LogP contribution in [0.3, 0.4) is 0 Å². The average molecular weight is 369 g/mol. The molecule has 0 bridgehead atoms. The predicted octanol–water partition coefficient (Wildman–Crippen LogP) is 4.92. The zero-order valence-electron chi connectivity index (χ0n) is 11.8. The summed E-state index contributed by atoms with van der Waals surface area (Å²) in [5.41, 5.74) is 1.44. The predicted molar refractivity (Wildman–Crippen MR) is 92.8 cm³/mol. The van der Waals surface area contributed by atoms with Crippen LogP contribution in [0.15, 0.2) is 35.3 Å². The van der Waals surface area contributed by atoms with Gasteiger partial charge in [-0.1, -0.05) is 0 Å². The van der Waals surface area contributed by atoms with Crippen LogP contribution >= 0.6 is 19.8 Å². The summed E-state index contributed by atoms with van der Waals surface area (Å²) in [6.45, 7) is 3.49. The second-order valence-electron chi connectivity index (χ2n) is 5.84. The molecule has 0 saturated heterocycles. The molecule has 0 unspecified atom stereocenters. The number of benzene rings is 1. The number of halogens is 1. The second-order valence-corrected chi connectivity index (χ2v) is 12.0. The first-order chi connectivity index (χ1) is 9.34. The SMILES string of the molecule is CC1CCC(I2CCCN=C2c2ccccc2)CC1. The van der Waals surface area contributed by atoms with E-state index in [1.807, 2.05) is 0 Å². The Morgan fingerprint density at radius 2 is 1.79 bits per heavy atom. The molecule has 2 aliphatic rings. The van der Waals surface area contributed by atoms with Gasteiger partial charge in [-0.15, -0.1) is 0 Å². The first-order valence-corrected chi connectivity index (χ1v) is 11.4. The van der Waals surface area contributed by atoms with Crippen molar-refractivity contribution in [2.45, 2.75) is 43.0 Å². The summed E-state index contributed by atoms with van der Waals surface area (Å²) in [4.78, 5) is 4.96. The van der Waals surface area contributed by atoms with Gasteiger partial charge in [0.05, 0.1) is 0 Å². The number of nitrogens with zero attached hydrogens (tertiary/aromatic N) is 1. The second kappa shape index (κ2) is 6.38. The molecule has 0 N–H and O–H groups in total. The van der Waals surface area contributed by atoms with Crippen LogP contribution in [0.4, 0.5) is 0 Å². The Morgan fingerprint density at radius 1 is 1.05 bits per heavy atom. The van der Waals surface area contributed by atoms with Crippen LogP contribution in [0.25, 0.3) is 0 Å². The van der Waals surface area contributed by atoms with Gasteiger partial charge < -0.3 is 0 Å². The number of hydrogen-bond donors (Lipinski definition) is 0. The van der Waals surface area contributed by atoms with Crippen molar-refractivity contribution in [3.63, 3.8) is 0 Å². The van der Waals surface area contributed by atoms with E-state index < -0.39 is 19.8 Å². The fraction of sp³-hybridized carbons (Fsp3) is 0.588. The molecule has 3 rings (SSSR count). The molecule has 1 fully saturated rings. The molecule has 1 aliphatic carbocycles. The molecule has 1 aromatic carbocycles. The van der Waals surface area contributed by atoms with Gasteiger partial charge in [0.15, 0.2) is 0 Å². The van der Waals surface area contributed by atoms with Crippen molar-refractivity contribution in [2.75, 3.05) is 11.0 Å². The van der Waals surface area contributed by atoms with Gasteiger partial charge in [-0.05, 0) is 0 Å². The number of hydrogen-bond acceptors (Lipinski definition) is 1. The molecule has 1 aromatic rings. The third-order valence-electron chi connectivity index (χ3n) is 4.31. The molecule has 0 amide bonds. The van der Waals surface area contributed by atoms with Crippen molar-refractivity contribution in [2.24, 2.45) is 10.9 Å². The number of rotatable bonds is 2. The molecular formula is C17H24IN. The van der Waals surface area contributed by atoms with Gasteiger partial charge in [-0.2, -0.15) is 0 Å². The molecule has 0 aromatic heterocycles. The maximum absolute atomic E-state index is 4.96. The monoisotopic (exact) mass is 369 g/mol. The van der Waals surface area contributed by atoms with E-state index in [1.54, 1.807) is 3.72 Å². The Balaban J connectivity index is 1.79. The minimum atomic E-state index is -1.03. The Bertz CT molecular complexity index is 432. The van der Waals surface area contributed by atoms with Crippen LogP contribution in [0.5, 0.6) is 0 Å². The van der Waals surface area contributed by atoms with E-state index in [0.717, 1.165) is 16.4 Å². The quantitative estimate of drug-likeness (QED) is 0.518. The van der Waals surface area contributed by atoms with Crippen LogP contribution in [-0.4, -0.2) is 18.6 Å². The molecule has 0 radical (unpaired) electrons. The molecule has 1 saturated carbocycles. The van der Waals surface area contributed by atoms with Crippen molar-refractivity contribution in [3.05, 3.63) is 35.9 Å². The third kappa shape index (κ3) is 3.21. The molecule has 1 heterocycles. The van der Waals surface area contributed by atoms with Crippen LogP contribution in [-0.2, 0) is 0 Å². The fourth-order valence-corrected chi connectivity index (χ4v) is 10.6. The average Bonchev–Trinajstić information content (AvgIpc) is 2.49. The fourth-order valence-electron chi connectivity index (χ4n) is 3.14. The van der Waals surface area contributed by atoms with E-state index in [1.165, 1.54) is 42.1 Å². The van der Waals surface area contributed by atoms with E-state index in [4.69, 9.17) is 4.99 Å². The molecule has 0 atom stereocenters. The normalized spacial score (nSPS) is 29.9. The summed E-state index contributed by atoms with van der Waals surface area (Å²) in [5.74, 6) is 0.967.